The third kappa shape index (κ3) is 4.30. The Kier molecular flexibility index (Phi) is 5.39. The molecule has 4 aromatic rings. The largest absolute Gasteiger partial charge is 0.416 e. The normalized spacial score (nSPS) is 12.7. The molecule has 4 rings (SSSR count). The van der Waals surface area contributed by atoms with Crippen molar-refractivity contribution in [2.75, 3.05) is 0 Å². The van der Waals surface area contributed by atoms with E-state index in [2.05, 4.69) is 4.98 Å². The van der Waals surface area contributed by atoms with Crippen molar-refractivity contribution in [2.45, 2.75) is 11.1 Å². The molecule has 0 aliphatic carbocycles. The molecule has 0 saturated heterocycles. The van der Waals surface area contributed by atoms with Gasteiger partial charge in [-0.05, 0) is 47.5 Å². The van der Waals surface area contributed by atoms with Gasteiger partial charge in [-0.25, -0.2) is 18.5 Å². The maximum atomic E-state index is 12.7. The summed E-state index contributed by atoms with van der Waals surface area (Å²) >= 11 is 0. The monoisotopic (exact) mass is 457 g/mol. The van der Waals surface area contributed by atoms with Gasteiger partial charge in [0.05, 0.1) is 21.5 Å². The molecule has 0 atom stereocenters. The molecule has 0 radical (unpaired) electrons. The molecule has 0 saturated carbocycles. The van der Waals surface area contributed by atoms with Gasteiger partial charge in [0.2, 0.25) is 10.0 Å². The van der Waals surface area contributed by atoms with Crippen LogP contribution in [-0.4, -0.2) is 18.0 Å². The Morgan fingerprint density at radius 1 is 0.969 bits per heavy atom. The smallest absolute Gasteiger partial charge is 0.328 e. The summed E-state index contributed by atoms with van der Waals surface area (Å²) in [7, 11) is -2.09. The van der Waals surface area contributed by atoms with Crippen molar-refractivity contribution in [1.82, 2.24) is 9.55 Å². The lowest BCUT2D eigenvalue weighted by molar-refractivity contribution is -0.137. The van der Waals surface area contributed by atoms with Crippen molar-refractivity contribution in [3.8, 4) is 11.1 Å². The van der Waals surface area contributed by atoms with Gasteiger partial charge in [0.25, 0.3) is 0 Å². The fourth-order valence-electron chi connectivity index (χ4n) is 3.43. The Balaban J connectivity index is 1.70. The highest BCUT2D eigenvalue weighted by atomic mass is 32.2. The van der Waals surface area contributed by atoms with Crippen LogP contribution in [0.25, 0.3) is 34.3 Å². The first-order chi connectivity index (χ1) is 15.0. The number of primary sulfonamides is 1. The van der Waals surface area contributed by atoms with Crippen LogP contribution in [0, 0.1) is 0 Å². The topological polar surface area (TPSA) is 78.0 Å². The second kappa shape index (κ2) is 7.92. The quantitative estimate of drug-likeness (QED) is 0.464. The SMILES string of the molecule is Cn1c(C=Cc2ccc(C(F)(F)F)cc2)nc2ccc(-c3ccccc3S(N)(=O)=O)cc21. The number of nitrogens with zero attached hydrogens (tertiary/aromatic N) is 2. The molecule has 5 nitrogen and oxygen atoms in total. The third-order valence-corrected chi connectivity index (χ3v) is 6.05. The van der Waals surface area contributed by atoms with Crippen LogP contribution < -0.4 is 5.14 Å². The van der Waals surface area contributed by atoms with Crippen LogP contribution in [0.5, 0.6) is 0 Å². The van der Waals surface area contributed by atoms with Gasteiger partial charge in [0.1, 0.15) is 5.82 Å². The van der Waals surface area contributed by atoms with Crippen molar-refractivity contribution < 1.29 is 21.6 Å². The van der Waals surface area contributed by atoms with E-state index in [9.17, 15) is 21.6 Å². The van der Waals surface area contributed by atoms with Crippen molar-refractivity contribution in [3.05, 3.63) is 83.7 Å². The molecule has 0 spiro atoms. The van der Waals surface area contributed by atoms with Gasteiger partial charge in [-0.2, -0.15) is 13.2 Å². The molecule has 0 amide bonds. The Morgan fingerprint density at radius 2 is 1.66 bits per heavy atom. The summed E-state index contributed by atoms with van der Waals surface area (Å²) in [5.41, 5.74) is 2.51. The highest BCUT2D eigenvalue weighted by molar-refractivity contribution is 7.89. The fourth-order valence-corrected chi connectivity index (χ4v) is 4.19. The average molecular weight is 457 g/mol. The van der Waals surface area contributed by atoms with Crippen LogP contribution in [0.15, 0.2) is 71.6 Å². The minimum absolute atomic E-state index is 0.0314. The second-order valence-electron chi connectivity index (χ2n) is 7.23. The van der Waals surface area contributed by atoms with Crippen LogP contribution >= 0.6 is 0 Å². The molecule has 32 heavy (non-hydrogen) atoms. The maximum Gasteiger partial charge on any atom is 0.416 e. The molecule has 0 bridgehead atoms. The molecule has 3 aromatic carbocycles. The maximum absolute atomic E-state index is 12.7. The Bertz CT molecular complexity index is 1440. The highest BCUT2D eigenvalue weighted by Crippen LogP contribution is 2.31. The van der Waals surface area contributed by atoms with Gasteiger partial charge < -0.3 is 4.57 Å². The number of hydrogen-bond donors (Lipinski definition) is 1. The zero-order valence-corrected chi connectivity index (χ0v) is 17.7. The van der Waals surface area contributed by atoms with Crippen molar-refractivity contribution >= 4 is 33.2 Å². The van der Waals surface area contributed by atoms with E-state index in [-0.39, 0.29) is 4.90 Å². The van der Waals surface area contributed by atoms with Crippen LogP contribution in [0.2, 0.25) is 0 Å². The molecule has 1 heterocycles. The van der Waals surface area contributed by atoms with E-state index in [0.717, 1.165) is 17.6 Å². The lowest BCUT2D eigenvalue weighted by Crippen LogP contribution is -2.13. The lowest BCUT2D eigenvalue weighted by Gasteiger charge is -2.08. The van der Waals surface area contributed by atoms with Crippen LogP contribution in [0.3, 0.4) is 0 Å². The van der Waals surface area contributed by atoms with Gasteiger partial charge >= 0.3 is 6.18 Å². The van der Waals surface area contributed by atoms with E-state index < -0.39 is 21.8 Å². The summed E-state index contributed by atoms with van der Waals surface area (Å²) in [6.45, 7) is 0. The van der Waals surface area contributed by atoms with Gasteiger partial charge in [-0.3, -0.25) is 0 Å². The number of aryl methyl sites for hydroxylation is 1. The van der Waals surface area contributed by atoms with Crippen LogP contribution in [-0.2, 0) is 23.2 Å². The third-order valence-electron chi connectivity index (χ3n) is 5.08. The summed E-state index contributed by atoms with van der Waals surface area (Å²) in [6.07, 6.45) is -0.988. The predicted octanol–water partition coefficient (Wildman–Crippen LogP) is 5.08. The van der Waals surface area contributed by atoms with Gasteiger partial charge in [0.15, 0.2) is 0 Å². The summed E-state index contributed by atoms with van der Waals surface area (Å²) in [5.74, 6) is 0.594. The van der Waals surface area contributed by atoms with Crippen LogP contribution in [0.1, 0.15) is 17.0 Å². The minimum atomic E-state index is -4.38. The average Bonchev–Trinajstić information content (AvgIpc) is 3.06. The van der Waals surface area contributed by atoms with E-state index in [0.29, 0.717) is 28.0 Å². The summed E-state index contributed by atoms with van der Waals surface area (Å²) < 4.78 is 63.9. The molecule has 0 aliphatic heterocycles. The molecule has 2 N–H and O–H groups in total. The fraction of sp³-hybridized carbons (Fsp3) is 0.0870. The number of hydrogen-bond acceptors (Lipinski definition) is 3. The summed E-state index contributed by atoms with van der Waals surface area (Å²) in [6, 6.07) is 16.7. The van der Waals surface area contributed by atoms with Gasteiger partial charge in [-0.15, -0.1) is 0 Å². The highest BCUT2D eigenvalue weighted by Gasteiger charge is 2.29. The van der Waals surface area contributed by atoms with E-state index in [4.69, 9.17) is 5.14 Å². The number of alkyl halides is 3. The number of fused-ring (bicyclic) bond motifs is 1. The first kappa shape index (κ1) is 21.8. The molecule has 9 heteroatoms. The minimum Gasteiger partial charge on any atom is -0.328 e. The van der Waals surface area contributed by atoms with Crippen LogP contribution in [0.4, 0.5) is 13.2 Å². The van der Waals surface area contributed by atoms with E-state index in [1.54, 1.807) is 49.5 Å². The molecule has 0 unspecified atom stereocenters. The number of aromatic nitrogens is 2. The van der Waals surface area contributed by atoms with Gasteiger partial charge in [-0.1, -0.05) is 42.5 Å². The Hall–Kier alpha value is -3.43. The van der Waals surface area contributed by atoms with E-state index >= 15 is 0 Å². The van der Waals surface area contributed by atoms with Crippen molar-refractivity contribution in [3.63, 3.8) is 0 Å². The number of benzene rings is 3. The number of halogens is 3. The zero-order valence-electron chi connectivity index (χ0n) is 16.8. The standard InChI is InChI=1S/C23H18F3N3O2S/c1-29-20-14-16(18-4-2-3-5-21(18)32(27,30)31)9-12-19(20)28-22(29)13-8-15-6-10-17(11-7-15)23(24,25)26/h2-14H,1H3,(H2,27,30,31). The number of nitrogens with two attached hydrogens (primary N) is 1. The first-order valence-corrected chi connectivity index (χ1v) is 11.0. The van der Waals surface area contributed by atoms with E-state index in [1.165, 1.54) is 18.2 Å². The molecule has 1 aromatic heterocycles. The second-order valence-corrected chi connectivity index (χ2v) is 8.76. The summed E-state index contributed by atoms with van der Waals surface area (Å²) in [4.78, 5) is 4.57. The molecule has 0 fully saturated rings. The van der Waals surface area contributed by atoms with Crippen molar-refractivity contribution in [2.24, 2.45) is 12.2 Å². The predicted molar refractivity (Wildman–Crippen MR) is 118 cm³/mol. The number of sulfonamides is 1. The lowest BCUT2D eigenvalue weighted by atomic mass is 10.1. The Labute approximate surface area is 182 Å². The number of rotatable bonds is 4. The van der Waals surface area contributed by atoms with Crippen molar-refractivity contribution in [1.29, 1.82) is 0 Å². The molecule has 0 aliphatic rings. The number of imidazole rings is 1. The van der Waals surface area contributed by atoms with E-state index in [1.807, 2.05) is 10.6 Å². The first-order valence-electron chi connectivity index (χ1n) is 9.48. The Morgan fingerprint density at radius 3 is 2.31 bits per heavy atom. The van der Waals surface area contributed by atoms with Gasteiger partial charge in [0, 0.05) is 12.6 Å². The molecular formula is C23H18F3N3O2S. The molecule has 164 valence electrons. The molecular weight excluding hydrogens is 439 g/mol. The summed E-state index contributed by atoms with van der Waals surface area (Å²) in [5, 5.41) is 5.35. The zero-order chi connectivity index (χ0) is 23.1.